The van der Waals surface area contributed by atoms with Crippen LogP contribution in [0.3, 0.4) is 0 Å². The second-order valence-electron chi connectivity index (χ2n) is 15.3. The summed E-state index contributed by atoms with van der Waals surface area (Å²) in [5.41, 5.74) is -0.443. The molecule has 65 heavy (non-hydrogen) atoms. The topological polar surface area (TPSA) is 244 Å². The van der Waals surface area contributed by atoms with Crippen LogP contribution in [0.4, 0.5) is 30.4 Å². The van der Waals surface area contributed by atoms with Crippen LogP contribution in [-0.4, -0.2) is 112 Å². The lowest BCUT2D eigenvalue weighted by Gasteiger charge is -2.27. The number of benzene rings is 2. The van der Waals surface area contributed by atoms with Gasteiger partial charge in [0, 0.05) is 62.2 Å². The zero-order chi connectivity index (χ0) is 45.7. The molecular formula is C43H42F3N11O8. The molecule has 3 aromatic heterocycles. The molecule has 2 fully saturated rings. The molecule has 6 N–H and O–H groups in total. The van der Waals surface area contributed by atoms with Gasteiger partial charge < -0.3 is 35.7 Å². The van der Waals surface area contributed by atoms with Crippen molar-refractivity contribution in [1.82, 2.24) is 40.6 Å². The molecule has 1 unspecified atom stereocenters. The molecule has 2 aromatic carbocycles. The van der Waals surface area contributed by atoms with Gasteiger partial charge in [-0.2, -0.15) is 18.3 Å². The fourth-order valence-electron chi connectivity index (χ4n) is 7.16. The van der Waals surface area contributed by atoms with Crippen LogP contribution in [0, 0.1) is 5.92 Å². The largest absolute Gasteiger partial charge is 0.444 e. The lowest BCUT2D eigenvalue weighted by atomic mass is 10.0. The average molecular weight is 898 g/mol. The van der Waals surface area contributed by atoms with Crippen LogP contribution in [0.1, 0.15) is 72.9 Å². The standard InChI is InChI=1S/C43H42F3N11O8/c44-43(45,46)36-30(52-38(60)31-23-65-40(53-31)26-12-13-49-33(20-26)51-21-24-4-5-24)22-56(55-36)27-8-6-25(7-9-27)37(59)50-17-19-64-18-16-47-14-15-48-29-3-1-2-28-35(29)42(63)57(41(28)62)32-10-11-34(58)54-39(32)61/h1-3,6-9,12-13,20,22-24,32,47-48H,4-5,10-11,14-19,21H2,(H,49,51)(H,50,59)(H,52,60)(H,54,58,61). The normalized spacial score (nSPS) is 16.0. The van der Waals surface area contributed by atoms with E-state index in [1.807, 2.05) is 0 Å². The predicted molar refractivity (Wildman–Crippen MR) is 225 cm³/mol. The monoisotopic (exact) mass is 897 g/mol. The van der Waals surface area contributed by atoms with Gasteiger partial charge in [0.25, 0.3) is 23.6 Å². The first kappa shape index (κ1) is 44.2. The molecule has 1 atom stereocenters. The third-order valence-corrected chi connectivity index (χ3v) is 10.7. The van der Waals surface area contributed by atoms with Gasteiger partial charge in [-0.05, 0) is 73.7 Å². The number of halogens is 3. The van der Waals surface area contributed by atoms with Crippen molar-refractivity contribution in [1.29, 1.82) is 0 Å². The number of carbonyl (C=O) groups is 6. The number of fused-ring (bicyclic) bond motifs is 1. The van der Waals surface area contributed by atoms with Crippen LogP contribution < -0.4 is 31.9 Å². The highest BCUT2D eigenvalue weighted by molar-refractivity contribution is 6.25. The number of nitrogens with zero attached hydrogens (tertiary/aromatic N) is 5. The van der Waals surface area contributed by atoms with E-state index in [0.717, 1.165) is 41.4 Å². The number of rotatable bonds is 19. The van der Waals surface area contributed by atoms with Crippen LogP contribution in [0.15, 0.2) is 77.7 Å². The third-order valence-electron chi connectivity index (χ3n) is 10.7. The molecule has 19 nitrogen and oxygen atoms in total. The van der Waals surface area contributed by atoms with Gasteiger partial charge in [0.05, 0.1) is 41.9 Å². The summed E-state index contributed by atoms with van der Waals surface area (Å²) in [5.74, 6) is -2.40. The molecular weight excluding hydrogens is 856 g/mol. The van der Waals surface area contributed by atoms with E-state index < -0.39 is 59.0 Å². The van der Waals surface area contributed by atoms with Gasteiger partial charge in [-0.1, -0.05) is 6.07 Å². The Kier molecular flexibility index (Phi) is 13.0. The lowest BCUT2D eigenvalue weighted by Crippen LogP contribution is -2.54. The van der Waals surface area contributed by atoms with Gasteiger partial charge in [0.1, 0.15) is 18.1 Å². The summed E-state index contributed by atoms with van der Waals surface area (Å²) < 4.78 is 54.2. The molecule has 1 saturated heterocycles. The molecule has 22 heteroatoms. The van der Waals surface area contributed by atoms with Gasteiger partial charge in [-0.25, -0.2) is 14.6 Å². The second-order valence-corrected chi connectivity index (χ2v) is 15.3. The summed E-state index contributed by atoms with van der Waals surface area (Å²) in [4.78, 5) is 85.4. The SMILES string of the molecule is O=C1CCC(N2C(=O)c3cccc(NCCNCCOCCNC(=O)c4ccc(-n5cc(NC(=O)c6coc(-c7ccnc(NCC8CC8)c7)n6)c(C(F)(F)F)n5)cc4)c3C2=O)C(=O)N1. The number of pyridine rings is 1. The van der Waals surface area contributed by atoms with Gasteiger partial charge >= 0.3 is 6.18 Å². The first-order valence-electron chi connectivity index (χ1n) is 20.7. The maximum Gasteiger partial charge on any atom is 0.437 e. The van der Waals surface area contributed by atoms with E-state index in [1.165, 1.54) is 30.3 Å². The van der Waals surface area contributed by atoms with Gasteiger partial charge in [-0.3, -0.25) is 39.0 Å². The van der Waals surface area contributed by atoms with E-state index >= 15 is 0 Å². The molecule has 5 aromatic rings. The number of amides is 6. The summed E-state index contributed by atoms with van der Waals surface area (Å²) >= 11 is 0. The van der Waals surface area contributed by atoms with Crippen molar-refractivity contribution < 1.29 is 51.1 Å². The zero-order valence-corrected chi connectivity index (χ0v) is 34.5. The number of hydrogen-bond acceptors (Lipinski definition) is 14. The smallest absolute Gasteiger partial charge is 0.437 e. The first-order valence-corrected chi connectivity index (χ1v) is 20.7. The van der Waals surface area contributed by atoms with E-state index in [0.29, 0.717) is 49.2 Å². The Morgan fingerprint density at radius 1 is 0.892 bits per heavy atom. The number of imide groups is 2. The Labute approximate surface area is 367 Å². The Balaban J connectivity index is 0.754. The number of carbonyl (C=O) groups excluding carboxylic acids is 6. The van der Waals surface area contributed by atoms with Gasteiger partial charge in [0.15, 0.2) is 11.4 Å². The Morgan fingerprint density at radius 3 is 2.46 bits per heavy atom. The summed E-state index contributed by atoms with van der Waals surface area (Å²) in [6.45, 7) is 2.80. The zero-order valence-electron chi connectivity index (χ0n) is 34.5. The third kappa shape index (κ3) is 10.3. The minimum absolute atomic E-state index is 0.0279. The summed E-state index contributed by atoms with van der Waals surface area (Å²) in [5, 5.41) is 20.4. The fraction of sp³-hybridized carbons (Fsp3) is 0.326. The minimum atomic E-state index is -4.92. The quantitative estimate of drug-likeness (QED) is 0.0510. The highest BCUT2D eigenvalue weighted by atomic mass is 19.4. The van der Waals surface area contributed by atoms with Crippen LogP contribution >= 0.6 is 0 Å². The van der Waals surface area contributed by atoms with E-state index in [1.54, 1.807) is 30.5 Å². The Hall–Kier alpha value is -7.46. The molecule has 0 radical (unpaired) electrons. The number of ether oxygens (including phenoxy) is 1. The molecule has 0 spiro atoms. The van der Waals surface area contributed by atoms with E-state index in [4.69, 9.17) is 9.15 Å². The van der Waals surface area contributed by atoms with Crippen molar-refractivity contribution in [3.63, 3.8) is 0 Å². The van der Waals surface area contributed by atoms with Crippen LogP contribution in [-0.2, 0) is 20.5 Å². The van der Waals surface area contributed by atoms with E-state index in [9.17, 15) is 41.9 Å². The fourth-order valence-corrected chi connectivity index (χ4v) is 7.16. The van der Waals surface area contributed by atoms with Crippen LogP contribution in [0.2, 0.25) is 0 Å². The van der Waals surface area contributed by atoms with E-state index in [2.05, 4.69) is 47.0 Å². The maximum absolute atomic E-state index is 14.1. The van der Waals surface area contributed by atoms with Crippen molar-refractivity contribution in [3.05, 3.63) is 101 Å². The summed E-state index contributed by atoms with van der Waals surface area (Å²) in [7, 11) is 0. The molecule has 3 aliphatic rings. The number of anilines is 3. The second kappa shape index (κ2) is 19.1. The lowest BCUT2D eigenvalue weighted by molar-refractivity contribution is -0.140. The number of hydrogen-bond donors (Lipinski definition) is 6. The summed E-state index contributed by atoms with van der Waals surface area (Å²) in [6, 6.07) is 12.8. The van der Waals surface area contributed by atoms with Gasteiger partial charge in [0.2, 0.25) is 17.7 Å². The van der Waals surface area contributed by atoms with Crippen LogP contribution in [0.5, 0.6) is 0 Å². The molecule has 0 bridgehead atoms. The number of nitrogens with one attached hydrogen (secondary N) is 6. The summed E-state index contributed by atoms with van der Waals surface area (Å²) in [6.07, 6.45) is 1.11. The highest BCUT2D eigenvalue weighted by Crippen LogP contribution is 2.35. The number of piperidine rings is 1. The first-order chi connectivity index (χ1) is 31.3. The van der Waals surface area contributed by atoms with E-state index in [-0.39, 0.29) is 60.0 Å². The average Bonchev–Trinajstić information content (AvgIpc) is 3.68. The molecule has 338 valence electrons. The van der Waals surface area contributed by atoms with Crippen molar-refractivity contribution in [2.75, 3.05) is 61.9 Å². The Bertz CT molecular complexity index is 2630. The van der Waals surface area contributed by atoms with Crippen LogP contribution in [0.25, 0.3) is 17.1 Å². The maximum atomic E-state index is 14.1. The van der Waals surface area contributed by atoms with Crippen molar-refractivity contribution >= 4 is 52.6 Å². The number of alkyl halides is 3. The number of aromatic nitrogens is 4. The molecule has 5 heterocycles. The molecule has 1 saturated carbocycles. The Morgan fingerprint density at radius 2 is 1.69 bits per heavy atom. The predicted octanol–water partition coefficient (Wildman–Crippen LogP) is 3.86. The molecule has 2 aliphatic heterocycles. The molecule has 8 rings (SSSR count). The molecule has 6 amide bonds. The van der Waals surface area contributed by atoms with Gasteiger partial charge in [-0.15, -0.1) is 0 Å². The molecule has 1 aliphatic carbocycles. The van der Waals surface area contributed by atoms with Crippen molar-refractivity contribution in [2.24, 2.45) is 5.92 Å². The minimum Gasteiger partial charge on any atom is -0.444 e. The van der Waals surface area contributed by atoms with Crippen molar-refractivity contribution in [2.45, 2.75) is 37.9 Å². The number of oxazole rings is 1. The highest BCUT2D eigenvalue weighted by Gasteiger charge is 2.45. The van der Waals surface area contributed by atoms with Crippen molar-refractivity contribution in [3.8, 4) is 17.1 Å².